The molecule has 0 bridgehead atoms. The summed E-state index contributed by atoms with van der Waals surface area (Å²) < 4.78 is 5.22. The Bertz CT molecular complexity index is 553. The zero-order valence-electron chi connectivity index (χ0n) is 11.3. The lowest BCUT2D eigenvalue weighted by molar-refractivity contribution is 0.393. The van der Waals surface area contributed by atoms with E-state index in [1.165, 1.54) is 0 Å². The molecule has 0 aliphatic carbocycles. The number of rotatable bonds is 2. The van der Waals surface area contributed by atoms with E-state index in [-0.39, 0.29) is 0 Å². The molecule has 0 atom stereocenters. The highest BCUT2D eigenvalue weighted by Gasteiger charge is 2.16. The maximum absolute atomic E-state index is 5.22. The molecule has 1 fully saturated rings. The van der Waals surface area contributed by atoms with Crippen LogP contribution in [-0.2, 0) is 0 Å². The van der Waals surface area contributed by atoms with Gasteiger partial charge in [0.05, 0.1) is 17.0 Å². The summed E-state index contributed by atoms with van der Waals surface area (Å²) in [4.78, 5) is 7.06. The van der Waals surface area contributed by atoms with Gasteiger partial charge in [-0.3, -0.25) is 0 Å². The van der Waals surface area contributed by atoms with Gasteiger partial charge in [-0.2, -0.15) is 0 Å². The van der Waals surface area contributed by atoms with E-state index < -0.39 is 0 Å². The first-order chi connectivity index (χ1) is 9.25. The van der Waals surface area contributed by atoms with Crippen molar-refractivity contribution in [3.05, 3.63) is 29.7 Å². The molecule has 5 heteroatoms. The van der Waals surface area contributed by atoms with Crippen molar-refractivity contribution in [2.24, 2.45) is 0 Å². The molecule has 1 N–H and O–H groups in total. The average molecular weight is 258 g/mol. The molecule has 0 saturated carbocycles. The standard InChI is InChI=1S/C14H18N4O/c1-10-14(11(2)19-17-10)12-4-3-5-13(16-12)18-8-6-15-7-9-18/h3-5,15H,6-9H2,1-2H3. The predicted molar refractivity (Wildman–Crippen MR) is 74.3 cm³/mol. The maximum Gasteiger partial charge on any atom is 0.143 e. The monoisotopic (exact) mass is 258 g/mol. The predicted octanol–water partition coefficient (Wildman–Crippen LogP) is 1.76. The summed E-state index contributed by atoms with van der Waals surface area (Å²) in [6, 6.07) is 6.12. The fourth-order valence-corrected chi connectivity index (χ4v) is 2.48. The fraction of sp³-hybridized carbons (Fsp3) is 0.429. The Labute approximate surface area is 112 Å². The van der Waals surface area contributed by atoms with Crippen LogP contribution < -0.4 is 10.2 Å². The van der Waals surface area contributed by atoms with Crippen LogP contribution >= 0.6 is 0 Å². The first-order valence-corrected chi connectivity index (χ1v) is 6.61. The van der Waals surface area contributed by atoms with Gasteiger partial charge < -0.3 is 14.7 Å². The van der Waals surface area contributed by atoms with E-state index in [0.29, 0.717) is 0 Å². The van der Waals surface area contributed by atoms with E-state index in [1.54, 1.807) is 0 Å². The highest BCUT2D eigenvalue weighted by Crippen LogP contribution is 2.26. The molecule has 0 aromatic carbocycles. The quantitative estimate of drug-likeness (QED) is 0.889. The van der Waals surface area contributed by atoms with E-state index in [9.17, 15) is 0 Å². The molecular formula is C14H18N4O. The van der Waals surface area contributed by atoms with Gasteiger partial charge in [0.2, 0.25) is 0 Å². The van der Waals surface area contributed by atoms with Crippen molar-refractivity contribution in [1.29, 1.82) is 0 Å². The van der Waals surface area contributed by atoms with Gasteiger partial charge in [0.25, 0.3) is 0 Å². The lowest BCUT2D eigenvalue weighted by Crippen LogP contribution is -2.43. The van der Waals surface area contributed by atoms with Crippen molar-refractivity contribution in [2.45, 2.75) is 13.8 Å². The molecular weight excluding hydrogens is 240 g/mol. The van der Waals surface area contributed by atoms with Crippen molar-refractivity contribution < 1.29 is 4.52 Å². The minimum absolute atomic E-state index is 0.822. The molecule has 0 spiro atoms. The molecule has 0 amide bonds. The second-order valence-corrected chi connectivity index (χ2v) is 4.82. The van der Waals surface area contributed by atoms with Crippen molar-refractivity contribution in [3.8, 4) is 11.3 Å². The zero-order valence-corrected chi connectivity index (χ0v) is 11.3. The van der Waals surface area contributed by atoms with Crippen LogP contribution in [0.15, 0.2) is 22.7 Å². The fourth-order valence-electron chi connectivity index (χ4n) is 2.48. The van der Waals surface area contributed by atoms with Crippen molar-refractivity contribution in [2.75, 3.05) is 31.1 Å². The average Bonchev–Trinajstić information content (AvgIpc) is 2.79. The summed E-state index contributed by atoms with van der Waals surface area (Å²) in [7, 11) is 0. The molecule has 5 nitrogen and oxygen atoms in total. The highest BCUT2D eigenvalue weighted by molar-refractivity contribution is 5.65. The van der Waals surface area contributed by atoms with Crippen LogP contribution in [0.4, 0.5) is 5.82 Å². The summed E-state index contributed by atoms with van der Waals surface area (Å²) in [5.74, 6) is 1.85. The number of pyridine rings is 1. The number of anilines is 1. The summed E-state index contributed by atoms with van der Waals surface area (Å²) in [5, 5.41) is 7.35. The zero-order chi connectivity index (χ0) is 13.2. The lowest BCUT2D eigenvalue weighted by atomic mass is 10.1. The van der Waals surface area contributed by atoms with E-state index in [4.69, 9.17) is 9.51 Å². The van der Waals surface area contributed by atoms with Gasteiger partial charge in [0.15, 0.2) is 0 Å². The summed E-state index contributed by atoms with van der Waals surface area (Å²) in [6.07, 6.45) is 0. The first-order valence-electron chi connectivity index (χ1n) is 6.61. The summed E-state index contributed by atoms with van der Waals surface area (Å²) in [6.45, 7) is 7.89. The van der Waals surface area contributed by atoms with Gasteiger partial charge >= 0.3 is 0 Å². The van der Waals surface area contributed by atoms with Crippen LogP contribution in [-0.4, -0.2) is 36.3 Å². The van der Waals surface area contributed by atoms with Gasteiger partial charge in [-0.05, 0) is 26.0 Å². The molecule has 0 radical (unpaired) electrons. The van der Waals surface area contributed by atoms with Gasteiger partial charge in [-0.15, -0.1) is 0 Å². The number of piperazine rings is 1. The largest absolute Gasteiger partial charge is 0.361 e. The van der Waals surface area contributed by atoms with Crippen LogP contribution in [0.25, 0.3) is 11.3 Å². The lowest BCUT2D eigenvalue weighted by Gasteiger charge is -2.28. The van der Waals surface area contributed by atoms with Crippen molar-refractivity contribution >= 4 is 5.82 Å². The van der Waals surface area contributed by atoms with E-state index in [0.717, 1.165) is 54.7 Å². The van der Waals surface area contributed by atoms with E-state index in [1.807, 2.05) is 26.0 Å². The number of hydrogen-bond donors (Lipinski definition) is 1. The third-order valence-electron chi connectivity index (χ3n) is 3.46. The third kappa shape index (κ3) is 2.33. The second-order valence-electron chi connectivity index (χ2n) is 4.82. The Balaban J connectivity index is 1.95. The number of hydrogen-bond acceptors (Lipinski definition) is 5. The third-order valence-corrected chi connectivity index (χ3v) is 3.46. The maximum atomic E-state index is 5.22. The van der Waals surface area contributed by atoms with Gasteiger partial charge in [0, 0.05) is 26.2 Å². The number of nitrogens with zero attached hydrogens (tertiary/aromatic N) is 3. The Kier molecular flexibility index (Phi) is 3.21. The smallest absolute Gasteiger partial charge is 0.143 e. The molecule has 2 aromatic rings. The number of nitrogens with one attached hydrogen (secondary N) is 1. The normalized spacial score (nSPS) is 15.8. The molecule has 3 heterocycles. The topological polar surface area (TPSA) is 54.2 Å². The van der Waals surface area contributed by atoms with Gasteiger partial charge in [-0.1, -0.05) is 11.2 Å². The highest BCUT2D eigenvalue weighted by atomic mass is 16.5. The van der Waals surface area contributed by atoms with Crippen molar-refractivity contribution in [3.63, 3.8) is 0 Å². The molecule has 100 valence electrons. The van der Waals surface area contributed by atoms with Gasteiger partial charge in [0.1, 0.15) is 11.6 Å². The van der Waals surface area contributed by atoms with Crippen LogP contribution in [0.5, 0.6) is 0 Å². The van der Waals surface area contributed by atoms with Crippen LogP contribution in [0, 0.1) is 13.8 Å². The molecule has 2 aromatic heterocycles. The summed E-state index contributed by atoms with van der Waals surface area (Å²) in [5.41, 5.74) is 2.84. The molecule has 1 saturated heterocycles. The molecule has 3 rings (SSSR count). The molecule has 19 heavy (non-hydrogen) atoms. The SMILES string of the molecule is Cc1noc(C)c1-c1cccc(N2CCNCC2)n1. The van der Waals surface area contributed by atoms with Gasteiger partial charge in [-0.25, -0.2) is 4.98 Å². The van der Waals surface area contributed by atoms with E-state index in [2.05, 4.69) is 21.4 Å². The van der Waals surface area contributed by atoms with Crippen molar-refractivity contribution in [1.82, 2.24) is 15.5 Å². The Morgan fingerprint density at radius 2 is 2.00 bits per heavy atom. The molecule has 1 aliphatic heterocycles. The summed E-state index contributed by atoms with van der Waals surface area (Å²) >= 11 is 0. The minimum atomic E-state index is 0.822. The second kappa shape index (κ2) is 5.01. The Morgan fingerprint density at radius 3 is 2.68 bits per heavy atom. The Hall–Kier alpha value is -1.88. The molecule has 1 aliphatic rings. The van der Waals surface area contributed by atoms with E-state index >= 15 is 0 Å². The number of aryl methyl sites for hydroxylation is 2. The van der Waals surface area contributed by atoms with Crippen LogP contribution in [0.2, 0.25) is 0 Å². The van der Waals surface area contributed by atoms with Crippen LogP contribution in [0.3, 0.4) is 0 Å². The molecule has 0 unspecified atom stereocenters. The Morgan fingerprint density at radius 1 is 1.21 bits per heavy atom. The number of aromatic nitrogens is 2. The minimum Gasteiger partial charge on any atom is -0.361 e. The first kappa shape index (κ1) is 12.2. The van der Waals surface area contributed by atoms with Crippen LogP contribution in [0.1, 0.15) is 11.5 Å².